The van der Waals surface area contributed by atoms with Crippen molar-refractivity contribution in [3.05, 3.63) is 29.2 Å². The fourth-order valence-electron chi connectivity index (χ4n) is 1.63. The molecule has 0 saturated carbocycles. The maximum absolute atomic E-state index is 10.7. The molecule has 0 aliphatic heterocycles. The second kappa shape index (κ2) is 2.69. The molecule has 0 aromatic carbocycles. The Morgan fingerprint density at radius 2 is 2.23 bits per heavy atom. The van der Waals surface area contributed by atoms with Crippen molar-refractivity contribution in [1.82, 2.24) is 9.97 Å². The predicted molar refractivity (Wildman–Crippen MR) is 51.0 cm³/mol. The summed E-state index contributed by atoms with van der Waals surface area (Å²) in [6.07, 6.45) is 2.56. The van der Waals surface area contributed by atoms with Crippen LogP contribution in [-0.2, 0) is 0 Å². The van der Waals surface area contributed by atoms with Crippen LogP contribution in [-0.4, -0.2) is 16.3 Å². The standard InChI is InChI=1S/C10H10N2O/c1-6-3-9-10(7(2)12-6)8(5-13)4-11-9/h3-5,11H,1-2H3. The molecule has 66 valence electrons. The molecule has 0 amide bonds. The van der Waals surface area contributed by atoms with Gasteiger partial charge >= 0.3 is 0 Å². The van der Waals surface area contributed by atoms with E-state index in [1.54, 1.807) is 6.20 Å². The van der Waals surface area contributed by atoms with E-state index in [-0.39, 0.29) is 0 Å². The number of nitrogens with zero attached hydrogens (tertiary/aromatic N) is 1. The Morgan fingerprint density at radius 1 is 1.46 bits per heavy atom. The molecule has 2 rings (SSSR count). The van der Waals surface area contributed by atoms with Crippen molar-refractivity contribution in [2.45, 2.75) is 13.8 Å². The molecule has 1 N–H and O–H groups in total. The van der Waals surface area contributed by atoms with Crippen LogP contribution in [0.2, 0.25) is 0 Å². The molecule has 0 fully saturated rings. The van der Waals surface area contributed by atoms with E-state index in [0.717, 1.165) is 28.6 Å². The number of hydrogen-bond donors (Lipinski definition) is 1. The van der Waals surface area contributed by atoms with E-state index in [4.69, 9.17) is 0 Å². The van der Waals surface area contributed by atoms with E-state index in [9.17, 15) is 4.79 Å². The van der Waals surface area contributed by atoms with E-state index in [0.29, 0.717) is 5.56 Å². The number of aromatic nitrogens is 2. The number of carbonyl (C=O) groups is 1. The number of H-pyrrole nitrogens is 1. The van der Waals surface area contributed by atoms with Gasteiger partial charge in [0.2, 0.25) is 0 Å². The number of rotatable bonds is 1. The number of carbonyl (C=O) groups excluding carboxylic acids is 1. The van der Waals surface area contributed by atoms with Crippen molar-refractivity contribution in [2.24, 2.45) is 0 Å². The summed E-state index contributed by atoms with van der Waals surface area (Å²) in [5.41, 5.74) is 3.52. The SMILES string of the molecule is Cc1cc2[nH]cc(C=O)c2c(C)n1. The largest absolute Gasteiger partial charge is 0.360 e. The van der Waals surface area contributed by atoms with Gasteiger partial charge in [0.05, 0.1) is 0 Å². The number of fused-ring (bicyclic) bond motifs is 1. The molecule has 3 nitrogen and oxygen atoms in total. The van der Waals surface area contributed by atoms with Gasteiger partial charge in [0, 0.05) is 34.1 Å². The van der Waals surface area contributed by atoms with Crippen LogP contribution in [0.1, 0.15) is 21.7 Å². The molecule has 0 bridgehead atoms. The van der Waals surface area contributed by atoms with Crippen molar-refractivity contribution in [3.63, 3.8) is 0 Å². The van der Waals surface area contributed by atoms with E-state index < -0.39 is 0 Å². The Balaban J connectivity index is 2.89. The maximum Gasteiger partial charge on any atom is 0.152 e. The Labute approximate surface area is 75.8 Å². The highest BCUT2D eigenvalue weighted by Gasteiger charge is 2.06. The molecule has 2 heterocycles. The molecular weight excluding hydrogens is 164 g/mol. The monoisotopic (exact) mass is 174 g/mol. The van der Waals surface area contributed by atoms with E-state index in [1.807, 2.05) is 19.9 Å². The lowest BCUT2D eigenvalue weighted by molar-refractivity contribution is 0.112. The van der Waals surface area contributed by atoms with E-state index in [1.165, 1.54) is 0 Å². The number of nitrogens with one attached hydrogen (secondary N) is 1. The molecule has 0 aliphatic carbocycles. The Bertz CT molecular complexity index is 471. The van der Waals surface area contributed by atoms with Gasteiger partial charge in [-0.05, 0) is 19.9 Å². The summed E-state index contributed by atoms with van der Waals surface area (Å²) in [6, 6.07) is 1.94. The fourth-order valence-corrected chi connectivity index (χ4v) is 1.63. The highest BCUT2D eigenvalue weighted by Crippen LogP contribution is 2.20. The summed E-state index contributed by atoms with van der Waals surface area (Å²) in [5, 5.41) is 0.931. The first kappa shape index (κ1) is 7.98. The van der Waals surface area contributed by atoms with Crippen molar-refractivity contribution in [3.8, 4) is 0 Å². The van der Waals surface area contributed by atoms with Gasteiger partial charge < -0.3 is 4.98 Å². The first-order valence-corrected chi connectivity index (χ1v) is 4.13. The zero-order valence-corrected chi connectivity index (χ0v) is 7.59. The summed E-state index contributed by atoms with van der Waals surface area (Å²) < 4.78 is 0. The molecule has 0 aliphatic rings. The second-order valence-corrected chi connectivity index (χ2v) is 3.13. The molecule has 2 aromatic rings. The topological polar surface area (TPSA) is 45.8 Å². The Morgan fingerprint density at radius 3 is 2.92 bits per heavy atom. The molecule has 13 heavy (non-hydrogen) atoms. The summed E-state index contributed by atoms with van der Waals surface area (Å²) in [7, 11) is 0. The zero-order valence-electron chi connectivity index (χ0n) is 7.59. The quantitative estimate of drug-likeness (QED) is 0.672. The lowest BCUT2D eigenvalue weighted by atomic mass is 10.1. The van der Waals surface area contributed by atoms with Gasteiger partial charge in [-0.15, -0.1) is 0 Å². The number of pyridine rings is 1. The van der Waals surface area contributed by atoms with Crippen LogP contribution >= 0.6 is 0 Å². The molecular formula is C10H10N2O. The van der Waals surface area contributed by atoms with E-state index in [2.05, 4.69) is 9.97 Å². The van der Waals surface area contributed by atoms with Gasteiger partial charge in [-0.1, -0.05) is 0 Å². The van der Waals surface area contributed by atoms with Gasteiger partial charge in [-0.25, -0.2) is 0 Å². The molecule has 0 unspecified atom stereocenters. The molecule has 2 aromatic heterocycles. The first-order chi connectivity index (χ1) is 6.22. The number of aldehydes is 1. The van der Waals surface area contributed by atoms with Crippen molar-refractivity contribution in [2.75, 3.05) is 0 Å². The predicted octanol–water partition coefficient (Wildman–Crippen LogP) is 1.99. The fraction of sp³-hybridized carbons (Fsp3) is 0.200. The zero-order chi connectivity index (χ0) is 9.42. The lowest BCUT2D eigenvalue weighted by Crippen LogP contribution is -1.88. The average molecular weight is 174 g/mol. The van der Waals surface area contributed by atoms with Gasteiger partial charge in [-0.2, -0.15) is 0 Å². The Kier molecular flexibility index (Phi) is 1.65. The van der Waals surface area contributed by atoms with Crippen LogP contribution in [0.3, 0.4) is 0 Å². The summed E-state index contributed by atoms with van der Waals surface area (Å²) in [6.45, 7) is 3.85. The number of aryl methyl sites for hydroxylation is 2. The van der Waals surface area contributed by atoms with Gasteiger partial charge in [0.15, 0.2) is 6.29 Å². The first-order valence-electron chi connectivity index (χ1n) is 4.13. The smallest absolute Gasteiger partial charge is 0.152 e. The van der Waals surface area contributed by atoms with Gasteiger partial charge in [-0.3, -0.25) is 9.78 Å². The summed E-state index contributed by atoms with van der Waals surface area (Å²) >= 11 is 0. The lowest BCUT2D eigenvalue weighted by Gasteiger charge is -1.98. The highest BCUT2D eigenvalue weighted by molar-refractivity contribution is 5.98. The van der Waals surface area contributed by atoms with Crippen LogP contribution in [0.5, 0.6) is 0 Å². The van der Waals surface area contributed by atoms with Crippen molar-refractivity contribution < 1.29 is 4.79 Å². The average Bonchev–Trinajstić information content (AvgIpc) is 2.47. The third kappa shape index (κ3) is 1.13. The van der Waals surface area contributed by atoms with Crippen molar-refractivity contribution >= 4 is 17.2 Å². The third-order valence-electron chi connectivity index (χ3n) is 2.13. The third-order valence-corrected chi connectivity index (χ3v) is 2.13. The van der Waals surface area contributed by atoms with Crippen LogP contribution < -0.4 is 0 Å². The van der Waals surface area contributed by atoms with Gasteiger partial charge in [0.1, 0.15) is 0 Å². The minimum absolute atomic E-state index is 0.681. The normalized spacial score (nSPS) is 10.6. The van der Waals surface area contributed by atoms with Crippen LogP contribution in [0.4, 0.5) is 0 Å². The molecule has 0 atom stereocenters. The van der Waals surface area contributed by atoms with Crippen LogP contribution in [0.15, 0.2) is 12.3 Å². The molecule has 0 radical (unpaired) electrons. The molecule has 3 heteroatoms. The maximum atomic E-state index is 10.7. The van der Waals surface area contributed by atoms with Gasteiger partial charge in [0.25, 0.3) is 0 Å². The highest BCUT2D eigenvalue weighted by atomic mass is 16.1. The minimum atomic E-state index is 0.681. The molecule has 0 saturated heterocycles. The second-order valence-electron chi connectivity index (χ2n) is 3.13. The Hall–Kier alpha value is -1.64. The van der Waals surface area contributed by atoms with Crippen LogP contribution in [0.25, 0.3) is 10.9 Å². The minimum Gasteiger partial charge on any atom is -0.360 e. The summed E-state index contributed by atoms with van der Waals surface area (Å²) in [5.74, 6) is 0. The number of hydrogen-bond acceptors (Lipinski definition) is 2. The molecule has 0 spiro atoms. The van der Waals surface area contributed by atoms with E-state index >= 15 is 0 Å². The summed E-state index contributed by atoms with van der Waals surface area (Å²) in [4.78, 5) is 18.0. The number of aromatic amines is 1. The van der Waals surface area contributed by atoms with Crippen molar-refractivity contribution in [1.29, 1.82) is 0 Å². The van der Waals surface area contributed by atoms with Crippen LogP contribution in [0, 0.1) is 13.8 Å².